The van der Waals surface area contributed by atoms with Gasteiger partial charge in [0.25, 0.3) is 0 Å². The standard InChI is InChI=1S/C15H20O2/c1-3-4-8-11-15(2,12-16)14(17)13-9-6-5-7-10-13/h5-7,9-10,12H,3-4,8,11H2,1-2H3. The average Bonchev–Trinajstić information content (AvgIpc) is 2.39. The third kappa shape index (κ3) is 3.52. The van der Waals surface area contributed by atoms with Crippen LogP contribution < -0.4 is 0 Å². The van der Waals surface area contributed by atoms with Crippen molar-refractivity contribution < 1.29 is 9.59 Å². The van der Waals surface area contributed by atoms with E-state index in [1.54, 1.807) is 19.1 Å². The molecule has 92 valence electrons. The number of hydrogen-bond donors (Lipinski definition) is 0. The van der Waals surface area contributed by atoms with Gasteiger partial charge >= 0.3 is 0 Å². The first kappa shape index (κ1) is 13.6. The van der Waals surface area contributed by atoms with Crippen molar-refractivity contribution in [2.45, 2.75) is 39.5 Å². The van der Waals surface area contributed by atoms with Crippen molar-refractivity contribution in [3.05, 3.63) is 35.9 Å². The first-order chi connectivity index (χ1) is 8.14. The molecule has 0 fully saturated rings. The fraction of sp³-hybridized carbons (Fsp3) is 0.467. The molecule has 1 atom stereocenters. The van der Waals surface area contributed by atoms with Gasteiger partial charge in [0.05, 0.1) is 5.41 Å². The lowest BCUT2D eigenvalue weighted by atomic mass is 9.79. The highest BCUT2D eigenvalue weighted by Crippen LogP contribution is 2.26. The molecule has 0 amide bonds. The topological polar surface area (TPSA) is 34.1 Å². The molecule has 0 heterocycles. The Morgan fingerprint density at radius 2 is 1.88 bits per heavy atom. The minimum Gasteiger partial charge on any atom is -0.302 e. The molecule has 17 heavy (non-hydrogen) atoms. The number of aldehydes is 1. The zero-order valence-corrected chi connectivity index (χ0v) is 10.6. The van der Waals surface area contributed by atoms with Gasteiger partial charge in [0.2, 0.25) is 0 Å². The molecule has 0 saturated heterocycles. The van der Waals surface area contributed by atoms with Crippen LogP contribution in [-0.4, -0.2) is 12.1 Å². The van der Waals surface area contributed by atoms with Crippen molar-refractivity contribution in [1.29, 1.82) is 0 Å². The second-order valence-electron chi connectivity index (χ2n) is 4.69. The lowest BCUT2D eigenvalue weighted by molar-refractivity contribution is -0.113. The predicted octanol–water partition coefficient (Wildman–Crippen LogP) is 3.65. The van der Waals surface area contributed by atoms with Crippen LogP contribution in [0.4, 0.5) is 0 Å². The highest BCUT2D eigenvalue weighted by Gasteiger charge is 2.32. The molecule has 0 N–H and O–H groups in total. The SMILES string of the molecule is CCCCCC(C)(C=O)C(=O)c1ccccc1. The van der Waals surface area contributed by atoms with Gasteiger partial charge in [-0.2, -0.15) is 0 Å². The van der Waals surface area contributed by atoms with E-state index >= 15 is 0 Å². The summed E-state index contributed by atoms with van der Waals surface area (Å²) in [4.78, 5) is 23.5. The van der Waals surface area contributed by atoms with Crippen molar-refractivity contribution in [3.8, 4) is 0 Å². The van der Waals surface area contributed by atoms with Gasteiger partial charge < -0.3 is 4.79 Å². The van der Waals surface area contributed by atoms with Crippen LogP contribution in [0.2, 0.25) is 0 Å². The molecule has 0 aliphatic rings. The molecular formula is C15H20O2. The maximum Gasteiger partial charge on any atom is 0.175 e. The second kappa shape index (κ2) is 6.33. The monoisotopic (exact) mass is 232 g/mol. The minimum atomic E-state index is -0.865. The van der Waals surface area contributed by atoms with Gasteiger partial charge in [-0.15, -0.1) is 0 Å². The fourth-order valence-electron chi connectivity index (χ4n) is 1.89. The Morgan fingerprint density at radius 3 is 2.41 bits per heavy atom. The van der Waals surface area contributed by atoms with Gasteiger partial charge in [0, 0.05) is 5.56 Å². The normalized spacial score (nSPS) is 14.0. The van der Waals surface area contributed by atoms with Crippen LogP contribution in [0.1, 0.15) is 49.9 Å². The summed E-state index contributed by atoms with van der Waals surface area (Å²) in [6.45, 7) is 3.85. The quantitative estimate of drug-likeness (QED) is 0.311. The van der Waals surface area contributed by atoms with Crippen LogP contribution in [0.15, 0.2) is 30.3 Å². The summed E-state index contributed by atoms with van der Waals surface area (Å²) < 4.78 is 0. The number of unbranched alkanes of at least 4 members (excludes halogenated alkanes) is 2. The Labute approximate surface area is 103 Å². The number of carbonyl (C=O) groups is 2. The molecule has 0 bridgehead atoms. The van der Waals surface area contributed by atoms with Gasteiger partial charge in [-0.25, -0.2) is 0 Å². The maximum atomic E-state index is 12.3. The Kier molecular flexibility index (Phi) is 5.08. The van der Waals surface area contributed by atoms with E-state index in [4.69, 9.17) is 0 Å². The third-order valence-corrected chi connectivity index (χ3v) is 3.11. The number of carbonyl (C=O) groups excluding carboxylic acids is 2. The van der Waals surface area contributed by atoms with E-state index in [1.165, 1.54) is 0 Å². The Balaban J connectivity index is 2.79. The Morgan fingerprint density at radius 1 is 1.24 bits per heavy atom. The molecule has 1 unspecified atom stereocenters. The molecule has 1 aromatic carbocycles. The van der Waals surface area contributed by atoms with Gasteiger partial charge in [0.1, 0.15) is 6.29 Å². The van der Waals surface area contributed by atoms with Crippen molar-refractivity contribution in [2.24, 2.45) is 5.41 Å². The summed E-state index contributed by atoms with van der Waals surface area (Å²) in [5.41, 5.74) is -0.241. The van der Waals surface area contributed by atoms with Gasteiger partial charge in [0.15, 0.2) is 5.78 Å². The van der Waals surface area contributed by atoms with Crippen LogP contribution in [0.3, 0.4) is 0 Å². The summed E-state index contributed by atoms with van der Waals surface area (Å²) in [6, 6.07) is 9.05. The van der Waals surface area contributed by atoms with Crippen LogP contribution in [-0.2, 0) is 4.79 Å². The van der Waals surface area contributed by atoms with E-state index in [-0.39, 0.29) is 5.78 Å². The lowest BCUT2D eigenvalue weighted by Crippen LogP contribution is -2.29. The van der Waals surface area contributed by atoms with E-state index in [9.17, 15) is 9.59 Å². The number of benzene rings is 1. The molecule has 0 saturated carbocycles. The Hall–Kier alpha value is -1.44. The molecular weight excluding hydrogens is 212 g/mol. The molecule has 0 aliphatic carbocycles. The molecule has 0 aliphatic heterocycles. The van der Waals surface area contributed by atoms with Crippen LogP contribution in [0, 0.1) is 5.41 Å². The average molecular weight is 232 g/mol. The summed E-state index contributed by atoms with van der Waals surface area (Å²) in [7, 11) is 0. The van der Waals surface area contributed by atoms with Crippen LogP contribution in [0.25, 0.3) is 0 Å². The maximum absolute atomic E-state index is 12.3. The molecule has 0 radical (unpaired) electrons. The zero-order valence-electron chi connectivity index (χ0n) is 10.6. The molecule has 2 nitrogen and oxygen atoms in total. The number of Topliss-reactive ketones (excluding diaryl/α,β-unsaturated/α-hetero) is 1. The summed E-state index contributed by atoms with van der Waals surface area (Å²) in [5.74, 6) is -0.0656. The van der Waals surface area contributed by atoms with E-state index < -0.39 is 5.41 Å². The van der Waals surface area contributed by atoms with E-state index in [2.05, 4.69) is 6.92 Å². The lowest BCUT2D eigenvalue weighted by Gasteiger charge is -2.21. The van der Waals surface area contributed by atoms with Crippen molar-refractivity contribution in [2.75, 3.05) is 0 Å². The van der Waals surface area contributed by atoms with E-state index in [0.29, 0.717) is 12.0 Å². The third-order valence-electron chi connectivity index (χ3n) is 3.11. The van der Waals surface area contributed by atoms with Crippen molar-refractivity contribution in [3.63, 3.8) is 0 Å². The van der Waals surface area contributed by atoms with Gasteiger partial charge in [-0.05, 0) is 13.3 Å². The van der Waals surface area contributed by atoms with E-state index in [1.807, 2.05) is 18.2 Å². The Bertz CT molecular complexity index is 370. The number of rotatable bonds is 7. The van der Waals surface area contributed by atoms with Crippen molar-refractivity contribution >= 4 is 12.1 Å². The first-order valence-corrected chi connectivity index (χ1v) is 6.20. The number of ketones is 1. The zero-order chi connectivity index (χ0) is 12.7. The summed E-state index contributed by atoms with van der Waals surface area (Å²) in [5, 5.41) is 0. The van der Waals surface area contributed by atoms with Crippen molar-refractivity contribution in [1.82, 2.24) is 0 Å². The summed E-state index contributed by atoms with van der Waals surface area (Å²) >= 11 is 0. The highest BCUT2D eigenvalue weighted by molar-refractivity contribution is 6.08. The predicted molar refractivity (Wildman–Crippen MR) is 69.1 cm³/mol. The highest BCUT2D eigenvalue weighted by atomic mass is 16.1. The molecule has 0 aromatic heterocycles. The van der Waals surface area contributed by atoms with Gasteiger partial charge in [-0.3, -0.25) is 4.79 Å². The molecule has 1 aromatic rings. The first-order valence-electron chi connectivity index (χ1n) is 6.20. The minimum absolute atomic E-state index is 0.0656. The van der Waals surface area contributed by atoms with E-state index in [0.717, 1.165) is 25.5 Å². The van der Waals surface area contributed by atoms with Crippen LogP contribution >= 0.6 is 0 Å². The molecule has 0 spiro atoms. The second-order valence-corrected chi connectivity index (χ2v) is 4.69. The smallest absolute Gasteiger partial charge is 0.175 e. The van der Waals surface area contributed by atoms with Gasteiger partial charge in [-0.1, -0.05) is 56.5 Å². The molecule has 1 rings (SSSR count). The van der Waals surface area contributed by atoms with Crippen LogP contribution in [0.5, 0.6) is 0 Å². The number of hydrogen-bond acceptors (Lipinski definition) is 2. The fourth-order valence-corrected chi connectivity index (χ4v) is 1.89. The molecule has 2 heteroatoms. The largest absolute Gasteiger partial charge is 0.302 e. The summed E-state index contributed by atoms with van der Waals surface area (Å²) in [6.07, 6.45) is 4.51.